The van der Waals surface area contributed by atoms with Crippen molar-refractivity contribution in [2.24, 2.45) is 0 Å². The predicted molar refractivity (Wildman–Crippen MR) is 83.4 cm³/mol. The second kappa shape index (κ2) is 5.95. The molecule has 4 nitrogen and oxygen atoms in total. The van der Waals surface area contributed by atoms with Gasteiger partial charge in [0, 0.05) is 11.2 Å². The average Bonchev–Trinajstić information content (AvgIpc) is 3.12. The molecule has 104 valence electrons. The lowest BCUT2D eigenvalue weighted by molar-refractivity contribution is 0.585. The number of fused-ring (bicyclic) bond motifs is 1. The van der Waals surface area contributed by atoms with E-state index in [1.54, 1.807) is 11.3 Å². The summed E-state index contributed by atoms with van der Waals surface area (Å²) in [6.45, 7) is 2.09. The number of H-pyrrole nitrogens is 1. The molecular formula is C14H15N3OS2. The molecule has 0 saturated carbocycles. The van der Waals surface area contributed by atoms with Gasteiger partial charge in [0.1, 0.15) is 5.75 Å². The number of unbranched alkanes of at least 4 members (excludes halogenated alkanes) is 1. The van der Waals surface area contributed by atoms with Crippen LogP contribution in [-0.4, -0.2) is 25.3 Å². The van der Waals surface area contributed by atoms with Gasteiger partial charge in [0.25, 0.3) is 0 Å². The summed E-state index contributed by atoms with van der Waals surface area (Å²) in [6.07, 6.45) is 1.98. The lowest BCUT2D eigenvalue weighted by Crippen LogP contribution is -2.08. The van der Waals surface area contributed by atoms with Crippen LogP contribution in [0.4, 0.5) is 0 Å². The molecule has 6 heteroatoms. The Morgan fingerprint density at radius 3 is 2.95 bits per heavy atom. The van der Waals surface area contributed by atoms with Crippen LogP contribution in [-0.2, 0) is 11.2 Å². The fourth-order valence-electron chi connectivity index (χ4n) is 1.91. The summed E-state index contributed by atoms with van der Waals surface area (Å²) in [7, 11) is 0. The molecule has 3 aromatic heterocycles. The molecule has 0 aliphatic heterocycles. The summed E-state index contributed by atoms with van der Waals surface area (Å²) in [5.74, 6) is 0.647. The van der Waals surface area contributed by atoms with Crippen molar-refractivity contribution in [1.82, 2.24) is 15.0 Å². The van der Waals surface area contributed by atoms with Gasteiger partial charge >= 0.3 is 5.16 Å². The van der Waals surface area contributed by atoms with E-state index in [0.717, 1.165) is 28.9 Å². The number of aromatic nitrogens is 3. The zero-order valence-corrected chi connectivity index (χ0v) is 12.8. The van der Waals surface area contributed by atoms with E-state index >= 15 is 0 Å². The third-order valence-corrected chi connectivity index (χ3v) is 5.17. The minimum Gasteiger partial charge on any atom is -0.609 e. The van der Waals surface area contributed by atoms with Crippen LogP contribution >= 0.6 is 11.3 Å². The number of nitrogens with one attached hydrogen (secondary N) is 1. The van der Waals surface area contributed by atoms with Gasteiger partial charge in [-0.1, -0.05) is 19.4 Å². The van der Waals surface area contributed by atoms with Gasteiger partial charge in [0.2, 0.25) is 0 Å². The summed E-state index contributed by atoms with van der Waals surface area (Å²) in [4.78, 5) is 13.1. The molecule has 3 rings (SSSR count). The molecule has 0 bridgehead atoms. The van der Waals surface area contributed by atoms with Gasteiger partial charge in [-0.2, -0.15) is 4.98 Å². The van der Waals surface area contributed by atoms with Crippen LogP contribution in [0.3, 0.4) is 0 Å². The summed E-state index contributed by atoms with van der Waals surface area (Å²) in [5.41, 5.74) is 2.38. The van der Waals surface area contributed by atoms with E-state index in [9.17, 15) is 4.55 Å². The fraction of sp³-hybridized carbons (Fsp3) is 0.286. The molecule has 1 N–H and O–H groups in total. The standard InChI is InChI=1S/C14H15N3OS2/c1-2-3-9-20(18)14-16-11-7-6-10(15-13(11)17-14)12-5-4-8-19-12/h4-8H,2-3,9H2,1H3,(H,15,16,17). The molecule has 20 heavy (non-hydrogen) atoms. The highest BCUT2D eigenvalue weighted by Gasteiger charge is 2.16. The number of aromatic amines is 1. The van der Waals surface area contributed by atoms with Crippen LogP contribution in [0.15, 0.2) is 34.8 Å². The van der Waals surface area contributed by atoms with E-state index in [-0.39, 0.29) is 0 Å². The first-order valence-electron chi connectivity index (χ1n) is 6.57. The summed E-state index contributed by atoms with van der Waals surface area (Å²) in [5, 5.41) is 2.56. The molecule has 1 unspecified atom stereocenters. The topological polar surface area (TPSA) is 64.6 Å². The minimum absolute atomic E-state index is 0.532. The van der Waals surface area contributed by atoms with Crippen molar-refractivity contribution < 1.29 is 4.55 Å². The second-order valence-electron chi connectivity index (χ2n) is 4.49. The highest BCUT2D eigenvalue weighted by atomic mass is 32.2. The monoisotopic (exact) mass is 305 g/mol. The average molecular weight is 305 g/mol. The van der Waals surface area contributed by atoms with Gasteiger partial charge in [0.15, 0.2) is 5.65 Å². The smallest absolute Gasteiger partial charge is 0.323 e. The molecule has 0 radical (unpaired) electrons. The summed E-state index contributed by atoms with van der Waals surface area (Å²) < 4.78 is 12.1. The van der Waals surface area contributed by atoms with Crippen LogP contribution in [0.5, 0.6) is 0 Å². The lowest BCUT2D eigenvalue weighted by atomic mass is 10.3. The van der Waals surface area contributed by atoms with Gasteiger partial charge < -0.3 is 4.55 Å². The summed E-state index contributed by atoms with van der Waals surface area (Å²) in [6, 6.07) is 7.95. The van der Waals surface area contributed by atoms with E-state index in [1.807, 2.05) is 29.6 Å². The Bertz CT molecular complexity index is 694. The third-order valence-electron chi connectivity index (χ3n) is 3.00. The van der Waals surface area contributed by atoms with Gasteiger partial charge in [0.05, 0.1) is 16.1 Å². The molecule has 1 atom stereocenters. The quantitative estimate of drug-likeness (QED) is 0.733. The number of pyridine rings is 1. The molecule has 3 heterocycles. The Kier molecular flexibility index (Phi) is 4.05. The maximum Gasteiger partial charge on any atom is 0.323 e. The van der Waals surface area contributed by atoms with E-state index in [4.69, 9.17) is 0 Å². The number of thiophene rings is 1. The zero-order valence-electron chi connectivity index (χ0n) is 11.1. The maximum atomic E-state index is 12.1. The summed E-state index contributed by atoms with van der Waals surface area (Å²) >= 11 is 0.585. The number of hydrogen-bond donors (Lipinski definition) is 1. The highest BCUT2D eigenvalue weighted by molar-refractivity contribution is 7.91. The zero-order chi connectivity index (χ0) is 13.9. The number of rotatable bonds is 5. The Hall–Kier alpha value is -1.37. The molecule has 0 amide bonds. The maximum absolute atomic E-state index is 12.1. The van der Waals surface area contributed by atoms with E-state index in [2.05, 4.69) is 21.9 Å². The van der Waals surface area contributed by atoms with E-state index in [1.165, 1.54) is 0 Å². The molecule has 3 aromatic rings. The molecule has 0 fully saturated rings. The van der Waals surface area contributed by atoms with Crippen LogP contribution < -0.4 is 0 Å². The van der Waals surface area contributed by atoms with Crippen LogP contribution in [0, 0.1) is 0 Å². The van der Waals surface area contributed by atoms with Gasteiger partial charge in [-0.05, 0) is 30.0 Å². The Labute approximate surface area is 124 Å². The Morgan fingerprint density at radius 2 is 2.20 bits per heavy atom. The van der Waals surface area contributed by atoms with E-state index < -0.39 is 11.2 Å². The molecular weight excluding hydrogens is 290 g/mol. The van der Waals surface area contributed by atoms with Crippen molar-refractivity contribution in [3.63, 3.8) is 0 Å². The highest BCUT2D eigenvalue weighted by Crippen LogP contribution is 2.25. The van der Waals surface area contributed by atoms with Crippen molar-refractivity contribution in [3.05, 3.63) is 29.6 Å². The first kappa shape index (κ1) is 13.6. The van der Waals surface area contributed by atoms with Crippen molar-refractivity contribution in [1.29, 1.82) is 0 Å². The number of imidazole rings is 1. The van der Waals surface area contributed by atoms with Gasteiger partial charge in [-0.25, -0.2) is 4.98 Å². The van der Waals surface area contributed by atoms with E-state index in [0.29, 0.717) is 16.6 Å². The normalized spacial score (nSPS) is 12.9. The van der Waals surface area contributed by atoms with Crippen molar-refractivity contribution in [2.45, 2.75) is 24.9 Å². The van der Waals surface area contributed by atoms with Crippen LogP contribution in [0.2, 0.25) is 0 Å². The third kappa shape index (κ3) is 2.72. The SMILES string of the molecule is CCCC[S+]([O-])c1nc2nc(-c3cccs3)ccc2[nH]1. The largest absolute Gasteiger partial charge is 0.609 e. The Balaban J connectivity index is 1.91. The second-order valence-corrected chi connectivity index (χ2v) is 6.92. The van der Waals surface area contributed by atoms with Gasteiger partial charge in [-0.3, -0.25) is 4.98 Å². The molecule has 0 aliphatic rings. The van der Waals surface area contributed by atoms with Gasteiger partial charge in [-0.15, -0.1) is 11.3 Å². The molecule has 0 spiro atoms. The van der Waals surface area contributed by atoms with Crippen molar-refractivity contribution in [2.75, 3.05) is 5.75 Å². The predicted octanol–water partition coefficient (Wildman–Crippen LogP) is 3.59. The minimum atomic E-state index is -1.06. The molecule has 0 saturated heterocycles. The fourth-order valence-corrected chi connectivity index (χ4v) is 3.76. The number of hydrogen-bond acceptors (Lipinski definition) is 4. The molecule has 0 aromatic carbocycles. The Morgan fingerprint density at radius 1 is 1.30 bits per heavy atom. The van der Waals surface area contributed by atoms with Crippen molar-refractivity contribution in [3.8, 4) is 10.6 Å². The van der Waals surface area contributed by atoms with Crippen LogP contribution in [0.25, 0.3) is 21.7 Å². The first-order valence-corrected chi connectivity index (χ1v) is 8.77. The van der Waals surface area contributed by atoms with Crippen LogP contribution in [0.1, 0.15) is 19.8 Å². The molecule has 0 aliphatic carbocycles. The number of nitrogens with zero attached hydrogens (tertiary/aromatic N) is 2. The first-order chi connectivity index (χ1) is 9.78. The lowest BCUT2D eigenvalue weighted by Gasteiger charge is -2.04. The van der Waals surface area contributed by atoms with Crippen molar-refractivity contribution >= 4 is 33.7 Å².